The van der Waals surface area contributed by atoms with E-state index in [4.69, 9.17) is 0 Å². The Morgan fingerprint density at radius 3 is 1.22 bits per heavy atom. The van der Waals surface area contributed by atoms with Gasteiger partial charge in [0.05, 0.1) is 11.0 Å². The van der Waals surface area contributed by atoms with Crippen molar-refractivity contribution in [3.05, 3.63) is 206 Å². The largest absolute Gasteiger partial charge is 0.309 e. The Kier molecular flexibility index (Phi) is 7.87. The highest BCUT2D eigenvalue weighted by atomic mass is 32.3. The quantitative estimate of drug-likeness (QED) is 0.159. The van der Waals surface area contributed by atoms with Crippen LogP contribution in [-0.4, -0.2) is 10.8 Å². The van der Waals surface area contributed by atoms with Gasteiger partial charge in [0.2, 0.25) is 0 Å². The number of hydrogen-bond donors (Lipinski definition) is 0. The molecule has 9 aromatic rings. The van der Waals surface area contributed by atoms with E-state index in [1.807, 2.05) is 0 Å². The minimum atomic E-state index is -1.60. The lowest BCUT2D eigenvalue weighted by molar-refractivity contribution is 1.18. The molecular weight excluding hydrogens is 635 g/mol. The van der Waals surface area contributed by atoms with Crippen LogP contribution in [0.5, 0.6) is 0 Å². The summed E-state index contributed by atoms with van der Waals surface area (Å²) in [5.74, 6) is 0. The summed E-state index contributed by atoms with van der Waals surface area (Å²) in [6.45, 7) is 0. The second kappa shape index (κ2) is 13.0. The molecule has 2 heteroatoms. The molecule has 0 fully saturated rings. The molecule has 0 saturated carbocycles. The molecule has 1 nitrogen and oxygen atoms in total. The van der Waals surface area contributed by atoms with Crippen LogP contribution in [0, 0.1) is 0 Å². The van der Waals surface area contributed by atoms with Crippen molar-refractivity contribution >= 4 is 31.8 Å². The predicted octanol–water partition coefficient (Wildman–Crippen LogP) is 13.7. The van der Waals surface area contributed by atoms with Gasteiger partial charge in [-0.1, -0.05) is 146 Å². The van der Waals surface area contributed by atoms with Gasteiger partial charge in [-0.2, -0.15) is 10.0 Å². The van der Waals surface area contributed by atoms with E-state index in [-0.39, 0.29) is 0 Å². The van der Waals surface area contributed by atoms with E-state index in [9.17, 15) is 0 Å². The van der Waals surface area contributed by atoms with E-state index in [1.165, 1.54) is 75.6 Å². The van der Waals surface area contributed by atoms with Crippen LogP contribution < -0.4 is 0 Å². The van der Waals surface area contributed by atoms with Crippen LogP contribution >= 0.6 is 10.0 Å². The first-order chi connectivity index (χ1) is 25.2. The lowest BCUT2D eigenvalue weighted by atomic mass is 10.1. The Labute approximate surface area is 301 Å². The van der Waals surface area contributed by atoms with Gasteiger partial charge in [0.1, 0.15) is 0 Å². The van der Waals surface area contributed by atoms with Crippen LogP contribution in [0.2, 0.25) is 0 Å². The van der Waals surface area contributed by atoms with Gasteiger partial charge in [-0.15, -0.1) is 0 Å². The Balaban J connectivity index is 1.12. The minimum absolute atomic E-state index is 1.17. The number of fused-ring (bicyclic) bond motifs is 3. The van der Waals surface area contributed by atoms with Crippen molar-refractivity contribution in [2.45, 2.75) is 14.7 Å². The van der Waals surface area contributed by atoms with Crippen LogP contribution in [0.4, 0.5) is 0 Å². The molecule has 0 radical (unpaired) electrons. The summed E-state index contributed by atoms with van der Waals surface area (Å²) in [6.07, 6.45) is 2.45. The first-order valence-electron chi connectivity index (χ1n) is 17.5. The summed E-state index contributed by atoms with van der Waals surface area (Å²) in [5.41, 5.74) is 11.0. The minimum Gasteiger partial charge on any atom is -0.309 e. The van der Waals surface area contributed by atoms with Crippen molar-refractivity contribution in [2.24, 2.45) is 0 Å². The van der Waals surface area contributed by atoms with Crippen molar-refractivity contribution in [2.75, 3.05) is 6.26 Å². The molecule has 0 unspecified atom stereocenters. The maximum Gasteiger partial charge on any atom is 0.0541 e. The third-order valence-electron chi connectivity index (χ3n) is 10.2. The van der Waals surface area contributed by atoms with Crippen LogP contribution in [0.1, 0.15) is 0 Å². The number of nitrogens with zero attached hydrogens (tertiary/aromatic N) is 1. The fourth-order valence-electron chi connectivity index (χ4n) is 7.44. The van der Waals surface area contributed by atoms with Crippen LogP contribution in [0.25, 0.3) is 60.9 Å². The molecule has 0 aliphatic rings. The topological polar surface area (TPSA) is 4.93 Å². The monoisotopic (exact) mass is 671 g/mol. The Morgan fingerprint density at radius 2 is 0.706 bits per heavy atom. The van der Waals surface area contributed by atoms with Gasteiger partial charge in [0.25, 0.3) is 0 Å². The first kappa shape index (κ1) is 30.9. The van der Waals surface area contributed by atoms with E-state index in [0.29, 0.717) is 0 Å². The van der Waals surface area contributed by atoms with E-state index < -0.39 is 10.0 Å². The smallest absolute Gasteiger partial charge is 0.0541 e. The maximum atomic E-state index is 2.45. The molecule has 51 heavy (non-hydrogen) atoms. The number of benzene rings is 8. The molecule has 0 spiro atoms. The van der Waals surface area contributed by atoms with Gasteiger partial charge in [0.15, 0.2) is 0 Å². The van der Waals surface area contributed by atoms with Crippen LogP contribution in [0.3, 0.4) is 0 Å². The zero-order valence-electron chi connectivity index (χ0n) is 28.5. The van der Waals surface area contributed by atoms with Gasteiger partial charge < -0.3 is 4.57 Å². The summed E-state index contributed by atoms with van der Waals surface area (Å²) in [7, 11) is -1.60. The predicted molar refractivity (Wildman–Crippen MR) is 218 cm³/mol. The van der Waals surface area contributed by atoms with E-state index >= 15 is 0 Å². The van der Waals surface area contributed by atoms with Crippen molar-refractivity contribution in [1.82, 2.24) is 4.57 Å². The SMILES string of the molecule is CS(c1ccc(-c2ccccc2)cc1)(c1ccc(-c2ccccc2)cc1)c1cccc(-c2ccc(-n3c4ccccc4c4ccccc43)cc2)c1. The Hall–Kier alpha value is -6.09. The fourth-order valence-corrected chi connectivity index (χ4v) is 10.3. The molecular formula is C49H37NS. The van der Waals surface area contributed by atoms with Crippen LogP contribution in [0.15, 0.2) is 221 Å². The summed E-state index contributed by atoms with van der Waals surface area (Å²) >= 11 is 0. The fraction of sp³-hybridized carbons (Fsp3) is 0.0204. The van der Waals surface area contributed by atoms with Gasteiger partial charge >= 0.3 is 0 Å². The van der Waals surface area contributed by atoms with Crippen molar-refractivity contribution < 1.29 is 0 Å². The van der Waals surface area contributed by atoms with Crippen LogP contribution in [-0.2, 0) is 0 Å². The van der Waals surface area contributed by atoms with Gasteiger partial charge in [-0.3, -0.25) is 0 Å². The molecule has 0 atom stereocenters. The average molecular weight is 672 g/mol. The molecule has 0 amide bonds. The summed E-state index contributed by atoms with van der Waals surface area (Å²) in [5, 5.41) is 2.56. The number of para-hydroxylation sites is 2. The molecule has 0 aliphatic heterocycles. The van der Waals surface area contributed by atoms with Gasteiger partial charge in [0, 0.05) is 16.5 Å². The summed E-state index contributed by atoms with van der Waals surface area (Å²) in [6, 6.07) is 75.4. The molecule has 0 saturated heterocycles. The number of aromatic nitrogens is 1. The van der Waals surface area contributed by atoms with Crippen molar-refractivity contribution in [3.8, 4) is 39.1 Å². The zero-order chi connectivity index (χ0) is 34.2. The zero-order valence-corrected chi connectivity index (χ0v) is 29.3. The third-order valence-corrected chi connectivity index (χ3v) is 13.8. The average Bonchev–Trinajstić information content (AvgIpc) is 3.56. The van der Waals surface area contributed by atoms with Crippen molar-refractivity contribution in [3.63, 3.8) is 0 Å². The molecule has 1 heterocycles. The molecule has 8 aromatic carbocycles. The van der Waals surface area contributed by atoms with Gasteiger partial charge in [-0.25, -0.2) is 0 Å². The maximum absolute atomic E-state index is 2.45. The van der Waals surface area contributed by atoms with E-state index in [1.54, 1.807) is 0 Å². The second-order valence-electron chi connectivity index (χ2n) is 13.1. The lowest BCUT2D eigenvalue weighted by Gasteiger charge is -2.38. The first-order valence-corrected chi connectivity index (χ1v) is 19.5. The Bertz CT molecular complexity index is 2460. The molecule has 9 rings (SSSR count). The molecule has 0 aliphatic carbocycles. The molecule has 244 valence electrons. The second-order valence-corrected chi connectivity index (χ2v) is 16.4. The van der Waals surface area contributed by atoms with E-state index in [2.05, 4.69) is 217 Å². The summed E-state index contributed by atoms with van der Waals surface area (Å²) < 4.78 is 2.38. The summed E-state index contributed by atoms with van der Waals surface area (Å²) in [4.78, 5) is 4.02. The molecule has 0 bridgehead atoms. The normalized spacial score (nSPS) is 11.9. The Morgan fingerprint density at radius 1 is 0.314 bits per heavy atom. The number of rotatable bonds is 7. The van der Waals surface area contributed by atoms with E-state index in [0.717, 1.165) is 0 Å². The number of hydrogen-bond acceptors (Lipinski definition) is 0. The highest BCUT2D eigenvalue weighted by Crippen LogP contribution is 2.66. The van der Waals surface area contributed by atoms with Gasteiger partial charge in [-0.05, 0) is 115 Å². The highest BCUT2D eigenvalue weighted by Gasteiger charge is 2.27. The highest BCUT2D eigenvalue weighted by molar-refractivity contribution is 8.33. The van der Waals surface area contributed by atoms with Crippen molar-refractivity contribution in [1.29, 1.82) is 0 Å². The molecule has 1 aromatic heterocycles. The lowest BCUT2D eigenvalue weighted by Crippen LogP contribution is -2.02. The molecule has 0 N–H and O–H groups in total. The standard InChI is InChI=1S/C49H37NS/c1-51(43-31-25-38(26-32-43)36-13-4-2-5-14-36,44-33-27-39(28-34-44)37-15-6-3-7-16-37)45-18-12-17-41(35-45)40-23-29-42(30-24-40)50-48-21-10-8-19-46(48)47-20-9-11-22-49(47)50/h2-35H,1H3. The third kappa shape index (κ3) is 5.55.